The molecule has 0 unspecified atom stereocenters. The monoisotopic (exact) mass is 523 g/mol. The summed E-state index contributed by atoms with van der Waals surface area (Å²) in [6.07, 6.45) is 0. The molecule has 3 aromatic rings. The second-order valence-electron chi connectivity index (χ2n) is 5.91. The van der Waals surface area contributed by atoms with E-state index in [4.69, 9.17) is 5.73 Å². The molecule has 10 heteroatoms. The van der Waals surface area contributed by atoms with Crippen LogP contribution in [0.4, 0.5) is 17.1 Å². The molecule has 3 N–H and O–H groups in total. The molecule has 1 amide bonds. The van der Waals surface area contributed by atoms with Gasteiger partial charge in [0.1, 0.15) is 0 Å². The maximum absolute atomic E-state index is 13.1. The van der Waals surface area contributed by atoms with Crippen LogP contribution in [0.3, 0.4) is 0 Å². The van der Waals surface area contributed by atoms with Gasteiger partial charge in [-0.3, -0.25) is 14.9 Å². The summed E-state index contributed by atoms with van der Waals surface area (Å²) in [7, 11) is -4.15. The average Bonchev–Trinajstić information content (AvgIpc) is 2.69. The molecule has 148 valence electrons. The van der Waals surface area contributed by atoms with Gasteiger partial charge in [-0.05, 0) is 59.0 Å². The van der Waals surface area contributed by atoms with Crippen LogP contribution in [0.1, 0.15) is 10.4 Å². The van der Waals surface area contributed by atoms with Crippen molar-refractivity contribution in [2.75, 3.05) is 11.1 Å². The normalized spacial score (nSPS) is 11.1. The first kappa shape index (κ1) is 20.7. The Hall–Kier alpha value is -2.99. The minimum absolute atomic E-state index is 0.00331. The van der Waals surface area contributed by atoms with Gasteiger partial charge in [0, 0.05) is 21.4 Å². The van der Waals surface area contributed by atoms with Crippen molar-refractivity contribution in [1.29, 1.82) is 0 Å². The SMILES string of the molecule is Nc1cccc(S(=O)(=O)c2ccc([N+](=O)[O-])cc2)c1C(=O)Nc1ccccc1I. The van der Waals surface area contributed by atoms with Gasteiger partial charge in [-0.25, -0.2) is 8.42 Å². The summed E-state index contributed by atoms with van der Waals surface area (Å²) in [4.78, 5) is 22.6. The second kappa shape index (κ2) is 8.17. The molecule has 0 radical (unpaired) electrons. The largest absolute Gasteiger partial charge is 0.398 e. The van der Waals surface area contributed by atoms with Gasteiger partial charge in [0.2, 0.25) is 9.84 Å². The van der Waals surface area contributed by atoms with Gasteiger partial charge in [-0.15, -0.1) is 0 Å². The molecule has 0 bridgehead atoms. The molecule has 0 aliphatic carbocycles. The van der Waals surface area contributed by atoms with Gasteiger partial charge in [0.15, 0.2) is 0 Å². The van der Waals surface area contributed by atoms with Gasteiger partial charge in [-0.1, -0.05) is 18.2 Å². The minimum atomic E-state index is -4.15. The van der Waals surface area contributed by atoms with Crippen LogP contribution in [-0.4, -0.2) is 19.2 Å². The zero-order valence-electron chi connectivity index (χ0n) is 14.7. The Morgan fingerprint density at radius 3 is 2.28 bits per heavy atom. The fourth-order valence-electron chi connectivity index (χ4n) is 2.64. The molecular formula is C19H14IN3O5S. The van der Waals surface area contributed by atoms with Crippen molar-refractivity contribution >= 4 is 55.4 Å². The van der Waals surface area contributed by atoms with E-state index in [0.29, 0.717) is 5.69 Å². The predicted octanol–water partition coefficient (Wildman–Crippen LogP) is 3.87. The lowest BCUT2D eigenvalue weighted by Crippen LogP contribution is -2.19. The third-order valence-corrected chi connectivity index (χ3v) is 6.81. The van der Waals surface area contributed by atoms with Crippen molar-refractivity contribution in [3.05, 3.63) is 86.0 Å². The Bertz CT molecular complexity index is 1210. The van der Waals surface area contributed by atoms with Crippen molar-refractivity contribution in [3.8, 4) is 0 Å². The zero-order chi connectivity index (χ0) is 21.2. The number of nitro groups is 1. The van der Waals surface area contributed by atoms with E-state index >= 15 is 0 Å². The average molecular weight is 523 g/mol. The number of nitrogen functional groups attached to an aromatic ring is 1. The topological polar surface area (TPSA) is 132 Å². The number of anilines is 2. The molecule has 0 fully saturated rings. The molecular weight excluding hydrogens is 509 g/mol. The number of sulfone groups is 1. The molecule has 3 rings (SSSR count). The Morgan fingerprint density at radius 2 is 1.66 bits per heavy atom. The molecule has 0 spiro atoms. The smallest absolute Gasteiger partial charge is 0.269 e. The van der Waals surface area contributed by atoms with Crippen LogP contribution >= 0.6 is 22.6 Å². The first-order valence-corrected chi connectivity index (χ1v) is 10.7. The van der Waals surface area contributed by atoms with Crippen molar-refractivity contribution in [2.45, 2.75) is 9.79 Å². The van der Waals surface area contributed by atoms with E-state index in [1.165, 1.54) is 18.2 Å². The molecule has 0 saturated heterocycles. The number of nitrogens with one attached hydrogen (secondary N) is 1. The first-order chi connectivity index (χ1) is 13.7. The minimum Gasteiger partial charge on any atom is -0.398 e. The van der Waals surface area contributed by atoms with Gasteiger partial charge >= 0.3 is 0 Å². The summed E-state index contributed by atoms with van der Waals surface area (Å²) in [5.41, 5.74) is 6.01. The summed E-state index contributed by atoms with van der Waals surface area (Å²) in [6.45, 7) is 0. The van der Waals surface area contributed by atoms with Crippen LogP contribution in [0.2, 0.25) is 0 Å². The molecule has 0 saturated carbocycles. The Balaban J connectivity index is 2.06. The van der Waals surface area contributed by atoms with E-state index in [2.05, 4.69) is 5.32 Å². The van der Waals surface area contributed by atoms with Crippen molar-refractivity contribution in [2.24, 2.45) is 0 Å². The molecule has 0 aliphatic rings. The molecule has 8 nitrogen and oxygen atoms in total. The number of carbonyl (C=O) groups excluding carboxylic acids is 1. The standard InChI is InChI=1S/C19H14IN3O5S/c20-14-4-1-2-6-16(14)22-19(24)18-15(21)5-3-7-17(18)29(27,28)13-10-8-12(9-11-13)23(25)26/h1-11H,21H2,(H,22,24). The van der Waals surface area contributed by atoms with E-state index < -0.39 is 20.7 Å². The number of benzene rings is 3. The van der Waals surface area contributed by atoms with Gasteiger partial charge < -0.3 is 11.1 Å². The second-order valence-corrected chi connectivity index (χ2v) is 8.99. The lowest BCUT2D eigenvalue weighted by atomic mass is 10.1. The zero-order valence-corrected chi connectivity index (χ0v) is 17.7. The number of nitrogens with zero attached hydrogens (tertiary/aromatic N) is 1. The highest BCUT2D eigenvalue weighted by atomic mass is 127. The van der Waals surface area contributed by atoms with Crippen molar-refractivity contribution in [3.63, 3.8) is 0 Å². The maximum atomic E-state index is 13.1. The number of hydrogen-bond donors (Lipinski definition) is 2. The third kappa shape index (κ3) is 4.22. The molecule has 0 heterocycles. The fraction of sp³-hybridized carbons (Fsp3) is 0. The van der Waals surface area contributed by atoms with Crippen molar-refractivity contribution in [1.82, 2.24) is 0 Å². The molecule has 29 heavy (non-hydrogen) atoms. The van der Waals surface area contributed by atoms with Crippen LogP contribution in [-0.2, 0) is 9.84 Å². The van der Waals surface area contributed by atoms with E-state index in [-0.39, 0.29) is 26.7 Å². The van der Waals surface area contributed by atoms with Gasteiger partial charge in [0.05, 0.1) is 26.0 Å². The van der Waals surface area contributed by atoms with Crippen LogP contribution in [0.5, 0.6) is 0 Å². The molecule has 0 aliphatic heterocycles. The van der Waals surface area contributed by atoms with E-state index in [1.54, 1.807) is 24.3 Å². The number of nitrogens with two attached hydrogens (primary N) is 1. The Morgan fingerprint density at radius 1 is 1.00 bits per heavy atom. The Labute approximate surface area is 180 Å². The van der Waals surface area contributed by atoms with Crippen LogP contribution in [0.15, 0.2) is 76.5 Å². The van der Waals surface area contributed by atoms with E-state index in [0.717, 1.165) is 27.8 Å². The summed E-state index contributed by atoms with van der Waals surface area (Å²) in [5.74, 6) is -0.673. The van der Waals surface area contributed by atoms with Crippen LogP contribution < -0.4 is 11.1 Å². The number of amides is 1. The maximum Gasteiger partial charge on any atom is 0.269 e. The quantitative estimate of drug-likeness (QED) is 0.226. The fourth-order valence-corrected chi connectivity index (χ4v) is 4.64. The van der Waals surface area contributed by atoms with E-state index in [9.17, 15) is 23.3 Å². The summed E-state index contributed by atoms with van der Waals surface area (Å²) in [5, 5.41) is 13.5. The first-order valence-electron chi connectivity index (χ1n) is 8.15. The lowest BCUT2D eigenvalue weighted by molar-refractivity contribution is -0.384. The van der Waals surface area contributed by atoms with Gasteiger partial charge in [0.25, 0.3) is 11.6 Å². The number of rotatable bonds is 5. The molecule has 0 atom stereocenters. The van der Waals surface area contributed by atoms with Crippen LogP contribution in [0, 0.1) is 13.7 Å². The molecule has 3 aromatic carbocycles. The highest BCUT2D eigenvalue weighted by molar-refractivity contribution is 14.1. The number of hydrogen-bond acceptors (Lipinski definition) is 6. The third-order valence-electron chi connectivity index (χ3n) is 4.05. The summed E-state index contributed by atoms with van der Waals surface area (Å²) >= 11 is 2.04. The van der Waals surface area contributed by atoms with E-state index in [1.807, 2.05) is 22.6 Å². The lowest BCUT2D eigenvalue weighted by Gasteiger charge is -2.14. The number of nitro benzene ring substituents is 1. The van der Waals surface area contributed by atoms with Crippen molar-refractivity contribution < 1.29 is 18.1 Å². The highest BCUT2D eigenvalue weighted by Gasteiger charge is 2.27. The number of para-hydroxylation sites is 1. The Kier molecular flexibility index (Phi) is 5.84. The predicted molar refractivity (Wildman–Crippen MR) is 117 cm³/mol. The molecule has 0 aromatic heterocycles. The van der Waals surface area contributed by atoms with Crippen LogP contribution in [0.25, 0.3) is 0 Å². The van der Waals surface area contributed by atoms with Gasteiger partial charge in [-0.2, -0.15) is 0 Å². The highest BCUT2D eigenvalue weighted by Crippen LogP contribution is 2.30. The summed E-state index contributed by atoms with van der Waals surface area (Å²) in [6, 6.07) is 15.6. The number of carbonyl (C=O) groups is 1. The number of non-ortho nitro benzene ring substituents is 1. The number of halogens is 1. The summed E-state index contributed by atoms with van der Waals surface area (Å²) < 4.78 is 27.0.